The molecule has 98 valence electrons. The van der Waals surface area contributed by atoms with E-state index in [4.69, 9.17) is 5.11 Å². The van der Waals surface area contributed by atoms with Crippen molar-refractivity contribution in [2.75, 3.05) is 26.2 Å². The minimum atomic E-state index is -0.978. The first kappa shape index (κ1) is 13.9. The summed E-state index contributed by atoms with van der Waals surface area (Å²) in [6.07, 6.45) is -0.457. The lowest BCUT2D eigenvalue weighted by atomic mass is 10.2. The Bertz CT molecular complexity index is 291. The van der Waals surface area contributed by atoms with E-state index in [1.807, 2.05) is 13.8 Å². The second-order valence-corrected chi connectivity index (χ2v) is 4.24. The SMILES string of the molecule is CCN(CC)C(=O)CN1CC(O)CC1C(=O)O. The highest BCUT2D eigenvalue weighted by Gasteiger charge is 2.37. The van der Waals surface area contributed by atoms with Gasteiger partial charge in [0.15, 0.2) is 0 Å². The van der Waals surface area contributed by atoms with E-state index in [1.165, 1.54) is 4.90 Å². The van der Waals surface area contributed by atoms with Crippen LogP contribution in [0.25, 0.3) is 0 Å². The maximum Gasteiger partial charge on any atom is 0.321 e. The van der Waals surface area contributed by atoms with Crippen LogP contribution in [0.3, 0.4) is 0 Å². The molecule has 6 heteroatoms. The third-order valence-electron chi connectivity index (χ3n) is 3.12. The number of nitrogens with zero attached hydrogens (tertiary/aromatic N) is 2. The van der Waals surface area contributed by atoms with E-state index in [0.717, 1.165) is 0 Å². The molecule has 1 amide bonds. The van der Waals surface area contributed by atoms with E-state index in [9.17, 15) is 14.7 Å². The largest absolute Gasteiger partial charge is 0.480 e. The van der Waals surface area contributed by atoms with E-state index < -0.39 is 18.1 Å². The molecule has 0 aromatic heterocycles. The number of aliphatic carboxylic acids is 1. The molecule has 0 aliphatic carbocycles. The standard InChI is InChI=1S/C11H20N2O4/c1-3-12(4-2)10(15)7-13-6-8(14)5-9(13)11(16)17/h8-9,14H,3-7H2,1-2H3,(H,16,17). The molecular formula is C11H20N2O4. The fourth-order valence-electron chi connectivity index (χ4n) is 2.16. The topological polar surface area (TPSA) is 81.1 Å². The van der Waals surface area contributed by atoms with Gasteiger partial charge in [0, 0.05) is 26.1 Å². The zero-order chi connectivity index (χ0) is 13.0. The van der Waals surface area contributed by atoms with Crippen LogP contribution >= 0.6 is 0 Å². The van der Waals surface area contributed by atoms with Gasteiger partial charge in [-0.3, -0.25) is 14.5 Å². The monoisotopic (exact) mass is 244 g/mol. The first-order valence-corrected chi connectivity index (χ1v) is 5.92. The van der Waals surface area contributed by atoms with Gasteiger partial charge in [-0.15, -0.1) is 0 Å². The fourth-order valence-corrected chi connectivity index (χ4v) is 2.16. The molecule has 2 atom stereocenters. The average Bonchev–Trinajstić information content (AvgIpc) is 2.61. The number of rotatable bonds is 5. The molecule has 2 N–H and O–H groups in total. The van der Waals surface area contributed by atoms with Gasteiger partial charge in [-0.25, -0.2) is 0 Å². The number of likely N-dealkylation sites (tertiary alicyclic amines) is 1. The highest BCUT2D eigenvalue weighted by Crippen LogP contribution is 2.17. The molecule has 0 aromatic carbocycles. The van der Waals surface area contributed by atoms with Gasteiger partial charge < -0.3 is 15.1 Å². The van der Waals surface area contributed by atoms with Gasteiger partial charge >= 0.3 is 5.97 Å². The summed E-state index contributed by atoms with van der Waals surface area (Å²) in [5.41, 5.74) is 0. The number of β-amino-alcohol motifs (C(OH)–C–C–N with tert-alkyl or cyclic N) is 1. The quantitative estimate of drug-likeness (QED) is 0.673. The minimum Gasteiger partial charge on any atom is -0.480 e. The lowest BCUT2D eigenvalue weighted by molar-refractivity contribution is -0.143. The molecule has 1 rings (SSSR count). The molecule has 1 saturated heterocycles. The van der Waals surface area contributed by atoms with Crippen molar-refractivity contribution in [2.45, 2.75) is 32.4 Å². The summed E-state index contributed by atoms with van der Waals surface area (Å²) in [7, 11) is 0. The van der Waals surface area contributed by atoms with Crippen molar-refractivity contribution >= 4 is 11.9 Å². The zero-order valence-electron chi connectivity index (χ0n) is 10.3. The Labute approximate surface area is 101 Å². The Morgan fingerprint density at radius 3 is 2.41 bits per heavy atom. The summed E-state index contributed by atoms with van der Waals surface area (Å²) < 4.78 is 0. The van der Waals surface area contributed by atoms with E-state index >= 15 is 0 Å². The van der Waals surface area contributed by atoms with Gasteiger partial charge in [0.05, 0.1) is 12.6 Å². The maximum absolute atomic E-state index is 11.8. The van der Waals surface area contributed by atoms with Crippen molar-refractivity contribution in [2.24, 2.45) is 0 Å². The van der Waals surface area contributed by atoms with Crippen LogP contribution in [-0.4, -0.2) is 70.2 Å². The van der Waals surface area contributed by atoms with Crippen LogP contribution in [0.4, 0.5) is 0 Å². The molecular weight excluding hydrogens is 224 g/mol. The number of carbonyl (C=O) groups is 2. The zero-order valence-corrected chi connectivity index (χ0v) is 10.3. The van der Waals surface area contributed by atoms with E-state index in [1.54, 1.807) is 4.90 Å². The predicted molar refractivity (Wildman–Crippen MR) is 61.5 cm³/mol. The molecule has 0 bridgehead atoms. The van der Waals surface area contributed by atoms with Gasteiger partial charge in [0.25, 0.3) is 0 Å². The van der Waals surface area contributed by atoms with Crippen LogP contribution in [-0.2, 0) is 9.59 Å². The molecule has 17 heavy (non-hydrogen) atoms. The average molecular weight is 244 g/mol. The summed E-state index contributed by atoms with van der Waals surface area (Å²) in [5, 5.41) is 18.4. The van der Waals surface area contributed by atoms with Crippen molar-refractivity contribution in [3.05, 3.63) is 0 Å². The molecule has 1 heterocycles. The Kier molecular flexibility index (Phi) is 4.89. The fraction of sp³-hybridized carbons (Fsp3) is 0.818. The Hall–Kier alpha value is -1.14. The Morgan fingerprint density at radius 1 is 1.35 bits per heavy atom. The smallest absolute Gasteiger partial charge is 0.321 e. The highest BCUT2D eigenvalue weighted by molar-refractivity contribution is 5.80. The number of amides is 1. The van der Waals surface area contributed by atoms with Crippen molar-refractivity contribution in [1.82, 2.24) is 9.80 Å². The van der Waals surface area contributed by atoms with Gasteiger partial charge in [-0.1, -0.05) is 0 Å². The molecule has 1 aliphatic rings. The van der Waals surface area contributed by atoms with Crippen molar-refractivity contribution < 1.29 is 19.8 Å². The van der Waals surface area contributed by atoms with Gasteiger partial charge in [0.1, 0.15) is 6.04 Å². The van der Waals surface area contributed by atoms with Crippen LogP contribution in [0.2, 0.25) is 0 Å². The number of carbonyl (C=O) groups excluding carboxylic acids is 1. The molecule has 2 unspecified atom stereocenters. The number of carboxylic acid groups (broad SMARTS) is 1. The summed E-state index contributed by atoms with van der Waals surface area (Å²) >= 11 is 0. The number of carboxylic acids is 1. The maximum atomic E-state index is 11.8. The van der Waals surface area contributed by atoms with Gasteiger partial charge in [-0.2, -0.15) is 0 Å². The lowest BCUT2D eigenvalue weighted by Crippen LogP contribution is -2.44. The van der Waals surface area contributed by atoms with Crippen molar-refractivity contribution in [1.29, 1.82) is 0 Å². The number of likely N-dealkylation sites (N-methyl/N-ethyl adjacent to an activating group) is 1. The Balaban J connectivity index is 2.60. The third kappa shape index (κ3) is 3.41. The van der Waals surface area contributed by atoms with Crippen LogP contribution in [0.15, 0.2) is 0 Å². The second-order valence-electron chi connectivity index (χ2n) is 4.24. The first-order chi connectivity index (χ1) is 7.99. The van der Waals surface area contributed by atoms with E-state index in [-0.39, 0.29) is 25.4 Å². The van der Waals surface area contributed by atoms with Crippen molar-refractivity contribution in [3.63, 3.8) is 0 Å². The third-order valence-corrected chi connectivity index (χ3v) is 3.12. The Morgan fingerprint density at radius 2 is 1.94 bits per heavy atom. The molecule has 0 saturated carbocycles. The highest BCUT2D eigenvalue weighted by atomic mass is 16.4. The summed E-state index contributed by atoms with van der Waals surface area (Å²) in [5.74, 6) is -1.07. The number of hydrogen-bond acceptors (Lipinski definition) is 4. The van der Waals surface area contributed by atoms with Crippen LogP contribution in [0.5, 0.6) is 0 Å². The number of aliphatic hydroxyl groups excluding tert-OH is 1. The molecule has 0 spiro atoms. The normalized spacial score (nSPS) is 24.9. The lowest BCUT2D eigenvalue weighted by Gasteiger charge is -2.25. The molecule has 6 nitrogen and oxygen atoms in total. The van der Waals surface area contributed by atoms with Crippen molar-refractivity contribution in [3.8, 4) is 0 Å². The van der Waals surface area contributed by atoms with Crippen LogP contribution in [0, 0.1) is 0 Å². The molecule has 0 radical (unpaired) electrons. The molecule has 1 aliphatic heterocycles. The number of hydrogen-bond donors (Lipinski definition) is 2. The first-order valence-electron chi connectivity index (χ1n) is 5.92. The molecule has 1 fully saturated rings. The summed E-state index contributed by atoms with van der Waals surface area (Å²) in [6.45, 7) is 5.32. The predicted octanol–water partition coefficient (Wildman–Crippen LogP) is -0.625. The molecule has 0 aromatic rings. The summed E-state index contributed by atoms with van der Waals surface area (Å²) in [4.78, 5) is 26.0. The van der Waals surface area contributed by atoms with E-state index in [0.29, 0.717) is 13.1 Å². The second kappa shape index (κ2) is 5.97. The minimum absolute atomic E-state index is 0.0652. The van der Waals surface area contributed by atoms with Gasteiger partial charge in [0.2, 0.25) is 5.91 Å². The van der Waals surface area contributed by atoms with Gasteiger partial charge in [-0.05, 0) is 13.8 Å². The number of aliphatic hydroxyl groups is 1. The summed E-state index contributed by atoms with van der Waals surface area (Å²) in [6, 6.07) is -0.746. The van der Waals surface area contributed by atoms with Crippen LogP contribution in [0.1, 0.15) is 20.3 Å². The van der Waals surface area contributed by atoms with Crippen LogP contribution < -0.4 is 0 Å². The van der Waals surface area contributed by atoms with E-state index in [2.05, 4.69) is 0 Å².